The van der Waals surface area contributed by atoms with Crippen molar-refractivity contribution in [1.29, 1.82) is 0 Å². The first-order chi connectivity index (χ1) is 11.2. The summed E-state index contributed by atoms with van der Waals surface area (Å²) in [5.74, 6) is 0.814. The summed E-state index contributed by atoms with van der Waals surface area (Å²) in [5, 5.41) is 19.6. The fourth-order valence-electron chi connectivity index (χ4n) is 3.21. The van der Waals surface area contributed by atoms with Crippen molar-refractivity contribution in [2.45, 2.75) is 91.3 Å². The zero-order valence-corrected chi connectivity index (χ0v) is 16.2. The Morgan fingerprint density at radius 1 is 1.12 bits per heavy atom. The first-order valence-electron chi connectivity index (χ1n) is 9.58. The molecule has 0 aromatic rings. The van der Waals surface area contributed by atoms with E-state index in [0.29, 0.717) is 23.8 Å². The van der Waals surface area contributed by atoms with Crippen LogP contribution in [0.4, 0.5) is 0 Å². The first kappa shape index (κ1) is 21.2. The Balaban J connectivity index is 2.17. The van der Waals surface area contributed by atoms with Crippen LogP contribution in [0.2, 0.25) is 0 Å². The SMILES string of the molecule is C=C1[C@H](O)CC(=C/C=C/CCC[C@@H](C)CCCC(C)(C)C)C[C@H]1O. The molecule has 2 nitrogen and oxygen atoms in total. The third-order valence-electron chi connectivity index (χ3n) is 4.93. The lowest BCUT2D eigenvalue weighted by Gasteiger charge is -2.27. The Morgan fingerprint density at radius 3 is 2.29 bits per heavy atom. The third kappa shape index (κ3) is 8.84. The Morgan fingerprint density at radius 2 is 1.71 bits per heavy atom. The number of allylic oxidation sites excluding steroid dienone is 3. The largest absolute Gasteiger partial charge is 0.388 e. The van der Waals surface area contributed by atoms with Gasteiger partial charge < -0.3 is 10.2 Å². The van der Waals surface area contributed by atoms with Gasteiger partial charge in [-0.15, -0.1) is 0 Å². The number of aliphatic hydroxyl groups is 2. The average molecular weight is 335 g/mol. The van der Waals surface area contributed by atoms with Gasteiger partial charge in [-0.3, -0.25) is 0 Å². The molecule has 1 aliphatic rings. The van der Waals surface area contributed by atoms with E-state index in [0.717, 1.165) is 17.9 Å². The monoisotopic (exact) mass is 334 g/mol. The van der Waals surface area contributed by atoms with Gasteiger partial charge in [0.05, 0.1) is 12.2 Å². The highest BCUT2D eigenvalue weighted by Crippen LogP contribution is 2.27. The number of unbranched alkanes of at least 4 members (excludes halogenated alkanes) is 1. The van der Waals surface area contributed by atoms with E-state index in [1.807, 2.05) is 6.08 Å². The van der Waals surface area contributed by atoms with Gasteiger partial charge in [-0.25, -0.2) is 0 Å². The molecule has 0 aliphatic heterocycles. The van der Waals surface area contributed by atoms with Crippen molar-refractivity contribution in [3.8, 4) is 0 Å². The molecule has 0 radical (unpaired) electrons. The van der Waals surface area contributed by atoms with E-state index in [1.165, 1.54) is 32.1 Å². The van der Waals surface area contributed by atoms with Crippen molar-refractivity contribution < 1.29 is 10.2 Å². The summed E-state index contributed by atoms with van der Waals surface area (Å²) in [7, 11) is 0. The highest BCUT2D eigenvalue weighted by atomic mass is 16.3. The molecule has 2 heteroatoms. The highest BCUT2D eigenvalue weighted by molar-refractivity contribution is 5.25. The van der Waals surface area contributed by atoms with E-state index >= 15 is 0 Å². The zero-order chi connectivity index (χ0) is 18.2. The van der Waals surface area contributed by atoms with E-state index < -0.39 is 12.2 Å². The van der Waals surface area contributed by atoms with Gasteiger partial charge in [-0.1, -0.05) is 77.3 Å². The van der Waals surface area contributed by atoms with Gasteiger partial charge >= 0.3 is 0 Å². The summed E-state index contributed by atoms with van der Waals surface area (Å²) in [6.45, 7) is 13.1. The lowest BCUT2D eigenvalue weighted by molar-refractivity contribution is 0.123. The molecule has 3 atom stereocenters. The Bertz CT molecular complexity index is 423. The second kappa shape index (κ2) is 10.2. The topological polar surface area (TPSA) is 40.5 Å². The summed E-state index contributed by atoms with van der Waals surface area (Å²) in [6, 6.07) is 0. The smallest absolute Gasteiger partial charge is 0.0809 e. The minimum absolute atomic E-state index is 0.461. The average Bonchev–Trinajstić information content (AvgIpc) is 2.46. The first-order valence-corrected chi connectivity index (χ1v) is 9.58. The van der Waals surface area contributed by atoms with Gasteiger partial charge in [-0.05, 0) is 49.0 Å². The van der Waals surface area contributed by atoms with Gasteiger partial charge in [0.2, 0.25) is 0 Å². The van der Waals surface area contributed by atoms with Crippen LogP contribution in [0.1, 0.15) is 79.1 Å². The van der Waals surface area contributed by atoms with Crippen molar-refractivity contribution in [3.63, 3.8) is 0 Å². The summed E-state index contributed by atoms with van der Waals surface area (Å²) in [6.07, 6.45) is 14.0. The van der Waals surface area contributed by atoms with Crippen LogP contribution >= 0.6 is 0 Å². The Labute approximate surface area is 149 Å². The molecule has 0 aromatic carbocycles. The lowest BCUT2D eigenvalue weighted by atomic mass is 9.86. The third-order valence-corrected chi connectivity index (χ3v) is 4.93. The van der Waals surface area contributed by atoms with Crippen molar-refractivity contribution in [3.05, 3.63) is 36.0 Å². The van der Waals surface area contributed by atoms with Gasteiger partial charge in [-0.2, -0.15) is 0 Å². The van der Waals surface area contributed by atoms with Gasteiger partial charge in [0, 0.05) is 0 Å². The molecular formula is C22H38O2. The summed E-state index contributed by atoms with van der Waals surface area (Å²) < 4.78 is 0. The molecule has 0 spiro atoms. The summed E-state index contributed by atoms with van der Waals surface area (Å²) in [4.78, 5) is 0. The Hall–Kier alpha value is -0.860. The second-order valence-electron chi connectivity index (χ2n) is 8.76. The van der Waals surface area contributed by atoms with Crippen molar-refractivity contribution in [1.82, 2.24) is 0 Å². The molecule has 1 rings (SSSR count). The van der Waals surface area contributed by atoms with Crippen LogP contribution in [0.5, 0.6) is 0 Å². The maximum Gasteiger partial charge on any atom is 0.0809 e. The molecule has 0 aromatic heterocycles. The van der Waals surface area contributed by atoms with Gasteiger partial charge in [0.1, 0.15) is 0 Å². The molecule has 0 bridgehead atoms. The minimum atomic E-state index is -0.595. The maximum absolute atomic E-state index is 9.82. The van der Waals surface area contributed by atoms with Crippen LogP contribution in [0.15, 0.2) is 36.0 Å². The number of hydrogen-bond acceptors (Lipinski definition) is 2. The zero-order valence-electron chi connectivity index (χ0n) is 16.2. The lowest BCUT2D eigenvalue weighted by Crippen LogP contribution is -2.27. The number of aliphatic hydroxyl groups excluding tert-OH is 2. The molecule has 1 saturated carbocycles. The van der Waals surface area contributed by atoms with E-state index in [1.54, 1.807) is 0 Å². The number of hydrogen-bond donors (Lipinski definition) is 2. The predicted molar refractivity (Wildman–Crippen MR) is 104 cm³/mol. The fourth-order valence-corrected chi connectivity index (χ4v) is 3.21. The molecule has 24 heavy (non-hydrogen) atoms. The van der Waals surface area contributed by atoms with E-state index in [2.05, 4.69) is 46.4 Å². The van der Waals surface area contributed by atoms with Gasteiger partial charge in [0.25, 0.3) is 0 Å². The predicted octanol–water partition coefficient (Wildman–Crippen LogP) is 5.56. The quantitative estimate of drug-likeness (QED) is 0.450. The molecule has 0 amide bonds. The van der Waals surface area contributed by atoms with E-state index in [4.69, 9.17) is 0 Å². The highest BCUT2D eigenvalue weighted by Gasteiger charge is 2.25. The van der Waals surface area contributed by atoms with Crippen LogP contribution in [0.25, 0.3) is 0 Å². The standard InChI is InChI=1S/C22H38O2/c1-17(12-10-14-22(3,4)5)11-8-6-7-9-13-19-15-20(23)18(2)21(24)16-19/h7,9,13,17,20-21,23-24H,2,6,8,10-12,14-16H2,1,3-5H3/b9-7+/t17-,20-,21-/m1/s1. The van der Waals surface area contributed by atoms with E-state index in [-0.39, 0.29) is 0 Å². The molecule has 1 aliphatic carbocycles. The molecule has 0 saturated heterocycles. The van der Waals surface area contributed by atoms with Gasteiger partial charge in [0.15, 0.2) is 0 Å². The van der Waals surface area contributed by atoms with Crippen LogP contribution in [0.3, 0.4) is 0 Å². The van der Waals surface area contributed by atoms with Crippen molar-refractivity contribution >= 4 is 0 Å². The number of rotatable bonds is 8. The maximum atomic E-state index is 9.82. The summed E-state index contributed by atoms with van der Waals surface area (Å²) in [5.41, 5.74) is 2.12. The second-order valence-corrected chi connectivity index (χ2v) is 8.76. The van der Waals surface area contributed by atoms with Crippen molar-refractivity contribution in [2.24, 2.45) is 11.3 Å². The molecule has 138 valence electrons. The molecule has 0 unspecified atom stereocenters. The molecule has 2 N–H and O–H groups in total. The summed E-state index contributed by atoms with van der Waals surface area (Å²) >= 11 is 0. The Kier molecular flexibility index (Phi) is 9.01. The minimum Gasteiger partial charge on any atom is -0.388 e. The van der Waals surface area contributed by atoms with Crippen LogP contribution < -0.4 is 0 Å². The fraction of sp³-hybridized carbons (Fsp3) is 0.727. The van der Waals surface area contributed by atoms with E-state index in [9.17, 15) is 10.2 Å². The normalized spacial score (nSPS) is 23.8. The van der Waals surface area contributed by atoms with Crippen LogP contribution in [-0.2, 0) is 0 Å². The molecule has 0 heterocycles. The van der Waals surface area contributed by atoms with Crippen molar-refractivity contribution in [2.75, 3.05) is 0 Å². The van der Waals surface area contributed by atoms with Crippen LogP contribution in [0, 0.1) is 11.3 Å². The van der Waals surface area contributed by atoms with Crippen LogP contribution in [-0.4, -0.2) is 22.4 Å². The molecule has 1 fully saturated rings. The molecular weight excluding hydrogens is 296 g/mol.